The third-order valence-corrected chi connectivity index (χ3v) is 3.78. The van der Waals surface area contributed by atoms with Crippen LogP contribution in [0.1, 0.15) is 38.1 Å². The monoisotopic (exact) mass is 295 g/mol. The zero-order valence-electron chi connectivity index (χ0n) is 12.9. The Balaban J connectivity index is 1.71. The van der Waals surface area contributed by atoms with Crippen LogP contribution in [0.2, 0.25) is 0 Å². The van der Waals surface area contributed by atoms with E-state index < -0.39 is 0 Å². The molecule has 1 aliphatic rings. The second-order valence-electron chi connectivity index (χ2n) is 5.33. The number of hydrogen-bond donors (Lipinski definition) is 1. The van der Waals surface area contributed by atoms with Gasteiger partial charge in [-0.2, -0.15) is 5.10 Å². The van der Waals surface area contributed by atoms with Gasteiger partial charge in [0.25, 0.3) is 0 Å². The summed E-state index contributed by atoms with van der Waals surface area (Å²) in [6.45, 7) is 6.54. The third-order valence-electron chi connectivity index (χ3n) is 3.78. The maximum Gasteiger partial charge on any atom is 0.220 e. The molecule has 0 aromatic carbocycles. The van der Waals surface area contributed by atoms with Gasteiger partial charge in [0, 0.05) is 26.6 Å². The van der Waals surface area contributed by atoms with Crippen LogP contribution in [-0.4, -0.2) is 58.4 Å². The van der Waals surface area contributed by atoms with E-state index in [1.165, 1.54) is 6.33 Å². The third kappa shape index (κ3) is 4.78. The van der Waals surface area contributed by atoms with Crippen molar-refractivity contribution in [3.05, 3.63) is 12.2 Å². The first kappa shape index (κ1) is 15.9. The second-order valence-corrected chi connectivity index (χ2v) is 5.33. The van der Waals surface area contributed by atoms with Gasteiger partial charge < -0.3 is 10.1 Å². The summed E-state index contributed by atoms with van der Waals surface area (Å²) in [7, 11) is 1.84. The fourth-order valence-corrected chi connectivity index (χ4v) is 2.52. The molecule has 1 N–H and O–H groups in total. The van der Waals surface area contributed by atoms with Gasteiger partial charge >= 0.3 is 0 Å². The molecule has 0 bridgehead atoms. The molecule has 1 saturated heterocycles. The minimum Gasteiger partial charge on any atom is -0.379 e. The first-order chi connectivity index (χ1) is 10.2. The number of carbonyl (C=O) groups is 1. The van der Waals surface area contributed by atoms with E-state index in [4.69, 9.17) is 4.74 Å². The van der Waals surface area contributed by atoms with E-state index in [1.54, 1.807) is 4.68 Å². The van der Waals surface area contributed by atoms with Gasteiger partial charge in [-0.15, -0.1) is 0 Å². The lowest BCUT2D eigenvalue weighted by molar-refractivity contribution is -0.122. The van der Waals surface area contributed by atoms with E-state index in [-0.39, 0.29) is 11.9 Å². The molecule has 1 atom stereocenters. The Morgan fingerprint density at radius 3 is 2.86 bits per heavy atom. The van der Waals surface area contributed by atoms with E-state index in [2.05, 4.69) is 20.3 Å². The van der Waals surface area contributed by atoms with Crippen molar-refractivity contribution in [2.75, 3.05) is 32.8 Å². The van der Waals surface area contributed by atoms with Crippen molar-refractivity contribution in [3.63, 3.8) is 0 Å². The molecule has 1 fully saturated rings. The lowest BCUT2D eigenvalue weighted by atomic mass is 10.2. The Labute approximate surface area is 125 Å². The molecule has 1 unspecified atom stereocenters. The molecule has 2 rings (SSSR count). The highest BCUT2D eigenvalue weighted by Crippen LogP contribution is 2.13. The first-order valence-electron chi connectivity index (χ1n) is 7.64. The lowest BCUT2D eigenvalue weighted by Gasteiger charge is -2.26. The van der Waals surface area contributed by atoms with Crippen LogP contribution in [0.3, 0.4) is 0 Å². The number of hydrogen-bond acceptors (Lipinski definition) is 5. The molecule has 1 aromatic heterocycles. The average molecular weight is 295 g/mol. The molecule has 7 heteroatoms. The van der Waals surface area contributed by atoms with E-state index in [0.29, 0.717) is 6.42 Å². The number of rotatable bonds is 7. The number of aromatic nitrogens is 3. The van der Waals surface area contributed by atoms with Crippen molar-refractivity contribution in [2.24, 2.45) is 7.05 Å². The summed E-state index contributed by atoms with van der Waals surface area (Å²) in [4.78, 5) is 18.6. The van der Waals surface area contributed by atoms with E-state index >= 15 is 0 Å². The fourth-order valence-electron chi connectivity index (χ4n) is 2.52. The van der Waals surface area contributed by atoms with Gasteiger partial charge in [-0.25, -0.2) is 4.98 Å². The highest BCUT2D eigenvalue weighted by atomic mass is 16.5. The Hall–Kier alpha value is -1.47. The molecule has 2 heterocycles. The zero-order valence-corrected chi connectivity index (χ0v) is 12.9. The van der Waals surface area contributed by atoms with E-state index in [1.807, 2.05) is 14.0 Å². The number of nitrogens with one attached hydrogen (secondary N) is 1. The summed E-state index contributed by atoms with van der Waals surface area (Å²) in [5.41, 5.74) is 0. The zero-order chi connectivity index (χ0) is 15.1. The lowest BCUT2D eigenvalue weighted by Crippen LogP contribution is -2.37. The number of carbonyl (C=O) groups excluding carboxylic acids is 1. The van der Waals surface area contributed by atoms with Gasteiger partial charge in [0.05, 0.1) is 19.3 Å². The SMILES string of the molecule is CCC(NC(=O)CCCN1CCOCC1)c1ncnn1C. The van der Waals surface area contributed by atoms with Crippen LogP contribution in [0.25, 0.3) is 0 Å². The van der Waals surface area contributed by atoms with E-state index in [0.717, 1.165) is 51.5 Å². The highest BCUT2D eigenvalue weighted by Gasteiger charge is 2.17. The molecule has 0 aliphatic carbocycles. The van der Waals surface area contributed by atoms with Crippen molar-refractivity contribution >= 4 is 5.91 Å². The molecule has 1 amide bonds. The van der Waals surface area contributed by atoms with Crippen LogP contribution in [0, 0.1) is 0 Å². The number of morpholine rings is 1. The molecule has 1 aromatic rings. The van der Waals surface area contributed by atoms with Crippen LogP contribution in [-0.2, 0) is 16.6 Å². The van der Waals surface area contributed by atoms with E-state index in [9.17, 15) is 4.79 Å². The molecule has 118 valence electrons. The predicted octanol–water partition coefficient (Wildman–Crippen LogP) is 0.495. The molecule has 21 heavy (non-hydrogen) atoms. The second kappa shape index (κ2) is 8.09. The van der Waals surface area contributed by atoms with Crippen LogP contribution < -0.4 is 5.32 Å². The Bertz CT molecular complexity index is 442. The highest BCUT2D eigenvalue weighted by molar-refractivity contribution is 5.76. The number of aryl methyl sites for hydroxylation is 1. The first-order valence-corrected chi connectivity index (χ1v) is 7.64. The fraction of sp³-hybridized carbons (Fsp3) is 0.786. The molecule has 0 radical (unpaired) electrons. The van der Waals surface area contributed by atoms with Gasteiger partial charge in [-0.3, -0.25) is 14.4 Å². The molecule has 0 saturated carbocycles. The van der Waals surface area contributed by atoms with Gasteiger partial charge in [0.1, 0.15) is 12.2 Å². The van der Waals surface area contributed by atoms with Crippen molar-refractivity contribution in [1.29, 1.82) is 0 Å². The van der Waals surface area contributed by atoms with Crippen LogP contribution >= 0.6 is 0 Å². The van der Waals surface area contributed by atoms with Gasteiger partial charge in [-0.05, 0) is 19.4 Å². The minimum absolute atomic E-state index is 0.0617. The summed E-state index contributed by atoms with van der Waals surface area (Å²) in [6, 6.07) is -0.0617. The number of nitrogens with zero attached hydrogens (tertiary/aromatic N) is 4. The summed E-state index contributed by atoms with van der Waals surface area (Å²) in [6.07, 6.45) is 3.75. The maximum atomic E-state index is 12.0. The normalized spacial score (nSPS) is 17.6. The topological polar surface area (TPSA) is 72.3 Å². The van der Waals surface area contributed by atoms with Gasteiger partial charge in [0.15, 0.2) is 0 Å². The summed E-state index contributed by atoms with van der Waals surface area (Å²) in [5, 5.41) is 7.09. The smallest absolute Gasteiger partial charge is 0.220 e. The predicted molar refractivity (Wildman–Crippen MR) is 78.7 cm³/mol. The largest absolute Gasteiger partial charge is 0.379 e. The quantitative estimate of drug-likeness (QED) is 0.793. The van der Waals surface area contributed by atoms with Crippen molar-refractivity contribution in [2.45, 2.75) is 32.2 Å². The summed E-state index contributed by atoms with van der Waals surface area (Å²) >= 11 is 0. The number of ether oxygens (including phenoxy) is 1. The van der Waals surface area contributed by atoms with Crippen molar-refractivity contribution < 1.29 is 9.53 Å². The Morgan fingerprint density at radius 1 is 1.48 bits per heavy atom. The molecular weight excluding hydrogens is 270 g/mol. The average Bonchev–Trinajstić information content (AvgIpc) is 2.92. The summed E-state index contributed by atoms with van der Waals surface area (Å²) in [5.74, 6) is 0.886. The molecule has 0 spiro atoms. The summed E-state index contributed by atoms with van der Waals surface area (Å²) < 4.78 is 7.02. The standard InChI is InChI=1S/C14H25N5O2/c1-3-12(14-15-11-16-18(14)2)17-13(20)5-4-6-19-7-9-21-10-8-19/h11-12H,3-10H2,1-2H3,(H,17,20). The maximum absolute atomic E-state index is 12.0. The molecule has 7 nitrogen and oxygen atoms in total. The molecule has 1 aliphatic heterocycles. The van der Waals surface area contributed by atoms with Crippen LogP contribution in [0.15, 0.2) is 6.33 Å². The minimum atomic E-state index is -0.0617. The van der Waals surface area contributed by atoms with Crippen molar-refractivity contribution in [3.8, 4) is 0 Å². The van der Waals surface area contributed by atoms with Crippen molar-refractivity contribution in [1.82, 2.24) is 25.0 Å². The number of amides is 1. The van der Waals surface area contributed by atoms with Gasteiger partial charge in [-0.1, -0.05) is 6.92 Å². The Morgan fingerprint density at radius 2 is 2.24 bits per heavy atom. The van der Waals surface area contributed by atoms with Gasteiger partial charge in [0.2, 0.25) is 5.91 Å². The Kier molecular flexibility index (Phi) is 6.13. The molecular formula is C14H25N5O2. The van der Waals surface area contributed by atoms with Crippen LogP contribution in [0.5, 0.6) is 0 Å². The van der Waals surface area contributed by atoms with Crippen LogP contribution in [0.4, 0.5) is 0 Å².